The molecule has 30 heavy (non-hydrogen) atoms. The molecule has 2 fully saturated rings. The molecule has 1 aliphatic carbocycles. The Morgan fingerprint density at radius 2 is 1.97 bits per heavy atom. The van der Waals surface area contributed by atoms with E-state index in [2.05, 4.69) is 0 Å². The molecule has 0 unspecified atom stereocenters. The molecule has 0 spiro atoms. The van der Waals surface area contributed by atoms with Gasteiger partial charge in [-0.15, -0.1) is 0 Å². The lowest BCUT2D eigenvalue weighted by atomic mass is 9.99. The zero-order valence-corrected chi connectivity index (χ0v) is 16.2. The van der Waals surface area contributed by atoms with Gasteiger partial charge in [-0.2, -0.15) is 13.2 Å². The van der Waals surface area contributed by atoms with E-state index in [4.69, 9.17) is 5.73 Å². The fourth-order valence-electron chi connectivity index (χ4n) is 4.44. The Balaban J connectivity index is 1.83. The lowest BCUT2D eigenvalue weighted by molar-refractivity contribution is -0.157. The fraction of sp³-hybridized carbons (Fsp3) is 0.500. The second kappa shape index (κ2) is 6.97. The predicted octanol–water partition coefficient (Wildman–Crippen LogP) is 3.04. The van der Waals surface area contributed by atoms with Gasteiger partial charge in [-0.05, 0) is 49.3 Å². The van der Waals surface area contributed by atoms with Gasteiger partial charge < -0.3 is 15.7 Å². The van der Waals surface area contributed by atoms with Gasteiger partial charge in [-0.3, -0.25) is 9.20 Å². The van der Waals surface area contributed by atoms with Gasteiger partial charge in [0.1, 0.15) is 11.6 Å². The molecule has 2 aromatic rings. The molecule has 3 heterocycles. The van der Waals surface area contributed by atoms with Crippen LogP contribution in [0.4, 0.5) is 23.2 Å². The minimum Gasteiger partial charge on any atom is -0.477 e. The molecule has 0 aromatic carbocycles. The largest absolute Gasteiger partial charge is 0.477 e. The van der Waals surface area contributed by atoms with Crippen LogP contribution < -0.4 is 16.2 Å². The second-order valence-corrected chi connectivity index (χ2v) is 8.13. The molecule has 1 saturated carbocycles. The van der Waals surface area contributed by atoms with Gasteiger partial charge in [0.05, 0.1) is 17.4 Å². The number of alkyl halides is 3. The predicted molar refractivity (Wildman–Crippen MR) is 102 cm³/mol. The van der Waals surface area contributed by atoms with Gasteiger partial charge in [0.15, 0.2) is 5.82 Å². The fourth-order valence-corrected chi connectivity index (χ4v) is 4.44. The molecule has 0 bridgehead atoms. The molecule has 162 valence electrons. The molecule has 6 nitrogen and oxygen atoms in total. The lowest BCUT2D eigenvalue weighted by Crippen LogP contribution is -2.44. The number of aromatic nitrogens is 1. The van der Waals surface area contributed by atoms with Crippen molar-refractivity contribution in [3.63, 3.8) is 0 Å². The van der Waals surface area contributed by atoms with E-state index in [9.17, 15) is 27.9 Å². The molecular weight excluding hydrogens is 406 g/mol. The molecule has 10 heteroatoms. The molecule has 3 N–H and O–H groups in total. The van der Waals surface area contributed by atoms with Gasteiger partial charge in [0.25, 0.3) is 5.56 Å². The van der Waals surface area contributed by atoms with Crippen LogP contribution >= 0.6 is 0 Å². The van der Waals surface area contributed by atoms with E-state index in [0.717, 1.165) is 23.4 Å². The highest BCUT2D eigenvalue weighted by Gasteiger charge is 2.44. The summed E-state index contributed by atoms with van der Waals surface area (Å²) in [6.07, 6.45) is -1.77. The number of carbonyl (C=O) groups is 1. The van der Waals surface area contributed by atoms with Crippen molar-refractivity contribution in [2.24, 2.45) is 11.7 Å². The zero-order valence-electron chi connectivity index (χ0n) is 16.2. The molecule has 2 aliphatic rings. The van der Waals surface area contributed by atoms with Crippen LogP contribution in [-0.2, 0) is 0 Å². The van der Waals surface area contributed by atoms with Crippen molar-refractivity contribution in [3.05, 3.63) is 45.1 Å². The molecule has 0 radical (unpaired) electrons. The van der Waals surface area contributed by atoms with Gasteiger partial charge in [0, 0.05) is 19.0 Å². The summed E-state index contributed by atoms with van der Waals surface area (Å²) < 4.78 is 55.0. The quantitative estimate of drug-likeness (QED) is 0.733. The maximum atomic E-state index is 15.1. The monoisotopic (exact) mass is 427 g/mol. The number of carboxylic acids is 1. The summed E-state index contributed by atoms with van der Waals surface area (Å²) >= 11 is 0. The average molecular weight is 427 g/mol. The van der Waals surface area contributed by atoms with Crippen LogP contribution in [0.3, 0.4) is 0 Å². The third-order valence-electron chi connectivity index (χ3n) is 6.12. The van der Waals surface area contributed by atoms with Gasteiger partial charge in [0.2, 0.25) is 0 Å². The Kier molecular flexibility index (Phi) is 4.80. The number of pyridine rings is 2. The molecule has 0 amide bonds. The van der Waals surface area contributed by atoms with Gasteiger partial charge in [-0.25, -0.2) is 9.18 Å². The highest BCUT2D eigenvalue weighted by Crippen LogP contribution is 2.44. The maximum absolute atomic E-state index is 15.1. The number of nitrogens with two attached hydrogens (primary N) is 1. The number of nitrogens with zero attached hydrogens (tertiary/aromatic N) is 2. The van der Waals surface area contributed by atoms with E-state index >= 15 is 4.39 Å². The van der Waals surface area contributed by atoms with Crippen LogP contribution in [0.2, 0.25) is 0 Å². The molecular formula is C20H21F4N3O3. The molecule has 2 aromatic heterocycles. The zero-order chi connectivity index (χ0) is 22.0. The van der Waals surface area contributed by atoms with Crippen LogP contribution in [0.25, 0.3) is 5.52 Å². The van der Waals surface area contributed by atoms with Crippen molar-refractivity contribution in [1.82, 2.24) is 4.40 Å². The van der Waals surface area contributed by atoms with Crippen LogP contribution in [0.1, 0.15) is 46.7 Å². The van der Waals surface area contributed by atoms with E-state index in [0.29, 0.717) is 16.6 Å². The number of anilines is 1. The number of fused-ring (bicyclic) bond motifs is 1. The normalized spacial score (nSPS) is 20.7. The summed E-state index contributed by atoms with van der Waals surface area (Å²) in [6.45, 7) is 1.76. The maximum Gasteiger partial charge on any atom is 0.403 e. The number of hydrogen-bond donors (Lipinski definition) is 2. The van der Waals surface area contributed by atoms with E-state index in [1.807, 2.05) is 0 Å². The summed E-state index contributed by atoms with van der Waals surface area (Å²) in [5.74, 6) is -2.96. The SMILES string of the molecule is Cc1c(N2CC[C@H]([C@H](N)C(F)(F)F)C2)c(F)cn2c(=O)c(C(=O)O)cc(C3CC3)c12. The topological polar surface area (TPSA) is 88.0 Å². The lowest BCUT2D eigenvalue weighted by Gasteiger charge is -2.26. The minimum absolute atomic E-state index is 0.0508. The third-order valence-corrected chi connectivity index (χ3v) is 6.12. The van der Waals surface area contributed by atoms with Crippen LogP contribution in [-0.4, -0.2) is 40.8 Å². The standard InChI is InChI=1S/C20H21F4N3O3/c1-9-15-12(10-2-3-10)6-13(19(29)30)18(28)27(15)8-14(21)16(9)26-5-4-11(7-26)17(25)20(22,23)24/h6,8,10-11,17H,2-5,7,25H2,1H3,(H,29,30)/t11-,17-/m0/s1. The number of carboxylic acid groups (broad SMARTS) is 1. The first-order valence-corrected chi connectivity index (χ1v) is 9.69. The minimum atomic E-state index is -4.53. The second-order valence-electron chi connectivity index (χ2n) is 8.13. The molecule has 2 atom stereocenters. The first-order chi connectivity index (χ1) is 14.0. The number of aryl methyl sites for hydroxylation is 1. The van der Waals surface area contributed by atoms with Crippen molar-refractivity contribution < 1.29 is 27.5 Å². The summed E-state index contributed by atoms with van der Waals surface area (Å²) in [4.78, 5) is 25.6. The smallest absolute Gasteiger partial charge is 0.403 e. The Hall–Kier alpha value is -2.62. The van der Waals surface area contributed by atoms with Crippen molar-refractivity contribution in [3.8, 4) is 0 Å². The Morgan fingerprint density at radius 1 is 1.30 bits per heavy atom. The summed E-state index contributed by atoms with van der Waals surface area (Å²) in [7, 11) is 0. The Bertz CT molecular complexity index is 1090. The molecule has 4 rings (SSSR count). The summed E-state index contributed by atoms with van der Waals surface area (Å²) in [6, 6.07) is -0.646. The van der Waals surface area contributed by atoms with E-state index < -0.39 is 41.0 Å². The number of hydrogen-bond acceptors (Lipinski definition) is 4. The van der Waals surface area contributed by atoms with E-state index in [1.165, 1.54) is 11.0 Å². The van der Waals surface area contributed by atoms with E-state index in [-0.39, 0.29) is 31.1 Å². The summed E-state index contributed by atoms with van der Waals surface area (Å²) in [5.41, 5.74) is 5.70. The van der Waals surface area contributed by atoms with Crippen molar-refractivity contribution in [1.29, 1.82) is 0 Å². The third kappa shape index (κ3) is 3.32. The van der Waals surface area contributed by atoms with Crippen LogP contribution in [0.5, 0.6) is 0 Å². The molecule has 1 saturated heterocycles. The van der Waals surface area contributed by atoms with Crippen LogP contribution in [0, 0.1) is 18.7 Å². The Morgan fingerprint density at radius 3 is 2.53 bits per heavy atom. The first-order valence-electron chi connectivity index (χ1n) is 9.69. The first kappa shape index (κ1) is 20.6. The van der Waals surface area contributed by atoms with E-state index in [1.54, 1.807) is 6.92 Å². The number of rotatable bonds is 4. The van der Waals surface area contributed by atoms with Gasteiger partial charge >= 0.3 is 12.1 Å². The van der Waals surface area contributed by atoms with Gasteiger partial charge in [-0.1, -0.05) is 0 Å². The number of halogens is 4. The highest BCUT2D eigenvalue weighted by molar-refractivity contribution is 5.89. The number of aromatic carboxylic acids is 1. The molecule has 1 aliphatic heterocycles. The van der Waals surface area contributed by atoms with Crippen molar-refractivity contribution in [2.45, 2.75) is 44.3 Å². The van der Waals surface area contributed by atoms with Crippen molar-refractivity contribution in [2.75, 3.05) is 18.0 Å². The highest BCUT2D eigenvalue weighted by atomic mass is 19.4. The Labute approximate surface area is 168 Å². The average Bonchev–Trinajstić information content (AvgIpc) is 3.38. The van der Waals surface area contributed by atoms with Crippen LogP contribution in [0.15, 0.2) is 17.1 Å². The van der Waals surface area contributed by atoms with Crippen molar-refractivity contribution >= 4 is 17.2 Å². The summed E-state index contributed by atoms with van der Waals surface area (Å²) in [5, 5.41) is 9.35.